The molecule has 0 spiro atoms. The van der Waals surface area contributed by atoms with Crippen molar-refractivity contribution in [2.24, 2.45) is 11.3 Å². The molecule has 0 saturated carbocycles. The van der Waals surface area contributed by atoms with Crippen LogP contribution in [0, 0.1) is 11.3 Å². The highest BCUT2D eigenvalue weighted by molar-refractivity contribution is 5.95. The number of nitrogens with one attached hydrogen (secondary N) is 1. The number of hydrogen-bond acceptors (Lipinski definition) is 1. The van der Waals surface area contributed by atoms with Gasteiger partial charge in [0.05, 0.1) is 5.52 Å². The third-order valence-corrected chi connectivity index (χ3v) is 7.69. The minimum absolute atomic E-state index is 0.0625. The van der Waals surface area contributed by atoms with Gasteiger partial charge in [-0.05, 0) is 47.9 Å². The van der Waals surface area contributed by atoms with Gasteiger partial charge in [-0.3, -0.25) is 9.36 Å². The lowest BCUT2D eigenvalue weighted by molar-refractivity contribution is 0.0941. The Bertz CT molecular complexity index is 1400. The molecule has 0 fully saturated rings. The first kappa shape index (κ1) is 18.7. The van der Waals surface area contributed by atoms with E-state index in [-0.39, 0.29) is 17.2 Å². The molecule has 4 aromatic rings. The van der Waals surface area contributed by atoms with Gasteiger partial charge < -0.3 is 4.98 Å². The first-order valence-electron chi connectivity index (χ1n) is 11.3. The fourth-order valence-corrected chi connectivity index (χ4v) is 6.74. The van der Waals surface area contributed by atoms with Crippen molar-refractivity contribution in [3.8, 4) is 0 Å². The standard InChI is InChI=1S/C28H28N2O/c1-16-13-20-24-19-10-5-7-11-22(19)29-27(24)25(26(20)28(3,4)14-16)21-15-30(17(2)31)23-12-8-6-9-18(21)23/h5-13,15,20,25-26,29H,14H2,1-4H3/t20-,25+,26-/m0/s1. The fourth-order valence-electron chi connectivity index (χ4n) is 6.74. The summed E-state index contributed by atoms with van der Waals surface area (Å²) in [7, 11) is 0. The van der Waals surface area contributed by atoms with Crippen LogP contribution in [0.3, 0.4) is 0 Å². The van der Waals surface area contributed by atoms with Gasteiger partial charge in [-0.25, -0.2) is 0 Å². The van der Waals surface area contributed by atoms with E-state index in [0.29, 0.717) is 11.8 Å². The molecule has 2 aromatic heterocycles. The molecule has 0 bridgehead atoms. The number of nitrogens with zero attached hydrogens (tertiary/aromatic N) is 1. The van der Waals surface area contributed by atoms with Crippen LogP contribution in [0.5, 0.6) is 0 Å². The summed E-state index contributed by atoms with van der Waals surface area (Å²) >= 11 is 0. The number of carbonyl (C=O) groups is 1. The van der Waals surface area contributed by atoms with Crippen LogP contribution in [-0.4, -0.2) is 15.5 Å². The minimum Gasteiger partial charge on any atom is -0.358 e. The highest BCUT2D eigenvalue weighted by Crippen LogP contribution is 2.62. The summed E-state index contributed by atoms with van der Waals surface area (Å²) in [5.74, 6) is 1.14. The monoisotopic (exact) mass is 408 g/mol. The molecule has 3 atom stereocenters. The summed E-state index contributed by atoms with van der Waals surface area (Å²) in [4.78, 5) is 16.3. The van der Waals surface area contributed by atoms with Crippen molar-refractivity contribution < 1.29 is 4.79 Å². The summed E-state index contributed by atoms with van der Waals surface area (Å²) in [5, 5.41) is 2.53. The van der Waals surface area contributed by atoms with E-state index in [1.54, 1.807) is 6.92 Å². The Balaban J connectivity index is 1.69. The molecular formula is C28H28N2O. The summed E-state index contributed by atoms with van der Waals surface area (Å²) in [6.45, 7) is 8.78. The molecular weight excluding hydrogens is 380 g/mol. The van der Waals surface area contributed by atoms with Gasteiger partial charge in [0.15, 0.2) is 0 Å². The highest BCUT2D eigenvalue weighted by Gasteiger charge is 2.52. The van der Waals surface area contributed by atoms with Crippen molar-refractivity contribution in [2.45, 2.75) is 46.0 Å². The van der Waals surface area contributed by atoms with Crippen molar-refractivity contribution in [3.05, 3.63) is 83.2 Å². The smallest absolute Gasteiger partial charge is 0.227 e. The molecule has 31 heavy (non-hydrogen) atoms. The van der Waals surface area contributed by atoms with E-state index in [0.717, 1.165) is 11.9 Å². The van der Waals surface area contributed by atoms with Crippen LogP contribution in [0.15, 0.2) is 66.4 Å². The number of para-hydroxylation sites is 2. The van der Waals surface area contributed by atoms with Crippen molar-refractivity contribution in [2.75, 3.05) is 0 Å². The molecule has 6 rings (SSSR count). The van der Waals surface area contributed by atoms with Gasteiger partial charge in [0.25, 0.3) is 0 Å². The van der Waals surface area contributed by atoms with E-state index < -0.39 is 0 Å². The Morgan fingerprint density at radius 3 is 2.55 bits per heavy atom. The Morgan fingerprint density at radius 1 is 1.06 bits per heavy atom. The Kier molecular flexibility index (Phi) is 3.75. The zero-order valence-corrected chi connectivity index (χ0v) is 18.6. The fraction of sp³-hybridized carbons (Fsp3) is 0.321. The molecule has 156 valence electrons. The maximum absolute atomic E-state index is 12.5. The molecule has 1 N–H and O–H groups in total. The van der Waals surface area contributed by atoms with Gasteiger partial charge in [-0.15, -0.1) is 0 Å². The van der Waals surface area contributed by atoms with E-state index in [1.165, 1.54) is 38.7 Å². The molecule has 2 heterocycles. The lowest BCUT2D eigenvalue weighted by Gasteiger charge is -2.43. The Hall–Kier alpha value is -3.07. The molecule has 3 heteroatoms. The summed E-state index contributed by atoms with van der Waals surface area (Å²) in [5.41, 5.74) is 7.92. The number of H-pyrrole nitrogens is 1. The van der Waals surface area contributed by atoms with E-state index >= 15 is 0 Å². The van der Waals surface area contributed by atoms with E-state index in [2.05, 4.69) is 80.5 Å². The van der Waals surface area contributed by atoms with Crippen LogP contribution >= 0.6 is 0 Å². The van der Waals surface area contributed by atoms with Crippen LogP contribution < -0.4 is 0 Å². The van der Waals surface area contributed by atoms with Crippen LogP contribution in [0.4, 0.5) is 0 Å². The Morgan fingerprint density at radius 2 is 1.77 bits per heavy atom. The summed E-state index contributed by atoms with van der Waals surface area (Å²) in [6, 6.07) is 17.0. The number of rotatable bonds is 1. The van der Waals surface area contributed by atoms with Crippen molar-refractivity contribution >= 4 is 27.7 Å². The number of aromatic amines is 1. The molecule has 0 saturated heterocycles. The maximum atomic E-state index is 12.5. The van der Waals surface area contributed by atoms with Crippen LogP contribution in [-0.2, 0) is 0 Å². The number of aromatic nitrogens is 2. The molecule has 0 unspecified atom stereocenters. The first-order chi connectivity index (χ1) is 14.9. The normalized spacial score (nSPS) is 24.3. The molecule has 2 aromatic carbocycles. The van der Waals surface area contributed by atoms with E-state index in [1.807, 2.05) is 10.6 Å². The molecule has 0 radical (unpaired) electrons. The predicted octanol–water partition coefficient (Wildman–Crippen LogP) is 7.00. The zero-order chi connectivity index (χ0) is 21.5. The molecule has 3 nitrogen and oxygen atoms in total. The second kappa shape index (κ2) is 6.23. The molecule has 2 aliphatic carbocycles. The van der Waals surface area contributed by atoms with Gasteiger partial charge in [-0.1, -0.05) is 61.9 Å². The van der Waals surface area contributed by atoms with E-state index in [9.17, 15) is 4.79 Å². The third-order valence-electron chi connectivity index (χ3n) is 7.69. The van der Waals surface area contributed by atoms with Crippen molar-refractivity contribution in [3.63, 3.8) is 0 Å². The van der Waals surface area contributed by atoms with Gasteiger partial charge >= 0.3 is 0 Å². The van der Waals surface area contributed by atoms with Gasteiger partial charge in [-0.2, -0.15) is 0 Å². The molecule has 0 aliphatic heterocycles. The topological polar surface area (TPSA) is 37.8 Å². The highest BCUT2D eigenvalue weighted by atomic mass is 16.1. The SMILES string of the molecule is CC(=O)n1cc([C@H]2c3[nH]c4ccccc4c3[C@@H]3C=C(C)CC(C)(C)[C@H]23)c2ccccc21. The molecule has 2 aliphatic rings. The van der Waals surface area contributed by atoms with Gasteiger partial charge in [0, 0.05) is 46.9 Å². The average molecular weight is 409 g/mol. The third kappa shape index (κ3) is 2.49. The maximum Gasteiger partial charge on any atom is 0.227 e. The Labute approximate surface area is 182 Å². The van der Waals surface area contributed by atoms with Gasteiger partial charge in [0.2, 0.25) is 5.91 Å². The number of benzene rings is 2. The average Bonchev–Trinajstić information content (AvgIpc) is 3.36. The summed E-state index contributed by atoms with van der Waals surface area (Å²) in [6.07, 6.45) is 5.73. The second-order valence-electron chi connectivity index (χ2n) is 10.2. The van der Waals surface area contributed by atoms with Crippen molar-refractivity contribution in [1.82, 2.24) is 9.55 Å². The number of fused-ring (bicyclic) bond motifs is 6. The van der Waals surface area contributed by atoms with Crippen LogP contribution in [0.2, 0.25) is 0 Å². The lowest BCUT2D eigenvalue weighted by Crippen LogP contribution is -2.33. The van der Waals surface area contributed by atoms with Gasteiger partial charge in [0.1, 0.15) is 0 Å². The van der Waals surface area contributed by atoms with Crippen molar-refractivity contribution in [1.29, 1.82) is 0 Å². The quantitative estimate of drug-likeness (QED) is 0.338. The molecule has 0 amide bonds. The number of carbonyl (C=O) groups excluding carboxylic acids is 1. The van der Waals surface area contributed by atoms with E-state index in [4.69, 9.17) is 0 Å². The second-order valence-corrected chi connectivity index (χ2v) is 10.2. The van der Waals surface area contributed by atoms with Crippen LogP contribution in [0.1, 0.15) is 67.6 Å². The largest absolute Gasteiger partial charge is 0.358 e. The lowest BCUT2D eigenvalue weighted by atomic mass is 9.61. The predicted molar refractivity (Wildman–Crippen MR) is 127 cm³/mol. The number of hydrogen-bond donors (Lipinski definition) is 1. The number of allylic oxidation sites excluding steroid dienone is 2. The minimum atomic E-state index is 0.0625. The summed E-state index contributed by atoms with van der Waals surface area (Å²) < 4.78 is 1.83. The first-order valence-corrected chi connectivity index (χ1v) is 11.3. The van der Waals surface area contributed by atoms with Crippen LogP contribution in [0.25, 0.3) is 21.8 Å². The zero-order valence-electron chi connectivity index (χ0n) is 18.6.